The third kappa shape index (κ3) is 4.09. The molecule has 120 valence electrons. The van der Waals surface area contributed by atoms with E-state index >= 15 is 0 Å². The van der Waals surface area contributed by atoms with Crippen molar-refractivity contribution < 1.29 is 14.7 Å². The number of nitrogens with zero attached hydrogens (tertiary/aromatic N) is 1. The maximum absolute atomic E-state index is 12.4. The van der Waals surface area contributed by atoms with Gasteiger partial charge in [-0.2, -0.15) is 0 Å². The highest BCUT2D eigenvalue weighted by atomic mass is 16.4. The molecule has 4 nitrogen and oxygen atoms in total. The van der Waals surface area contributed by atoms with Crippen molar-refractivity contribution in [2.45, 2.75) is 58.4 Å². The Hall–Kier alpha value is -1.84. The van der Waals surface area contributed by atoms with Gasteiger partial charge in [0.05, 0.1) is 6.04 Å². The molecule has 1 atom stereocenters. The molecule has 1 aliphatic rings. The number of hydrogen-bond acceptors (Lipinski definition) is 2. The molecule has 2 rings (SSSR count). The van der Waals surface area contributed by atoms with Crippen molar-refractivity contribution >= 4 is 11.9 Å². The monoisotopic (exact) mass is 303 g/mol. The maximum Gasteiger partial charge on any atom is 0.303 e. The Morgan fingerprint density at radius 1 is 1.18 bits per heavy atom. The summed E-state index contributed by atoms with van der Waals surface area (Å²) in [5.41, 5.74) is 3.76. The first kappa shape index (κ1) is 16.5. The molecule has 1 aromatic carbocycles. The van der Waals surface area contributed by atoms with E-state index in [4.69, 9.17) is 5.11 Å². The number of hydrogen-bond donors (Lipinski definition) is 1. The first-order valence-electron chi connectivity index (χ1n) is 8.07. The van der Waals surface area contributed by atoms with Crippen LogP contribution in [0.3, 0.4) is 0 Å². The average Bonchev–Trinajstić information content (AvgIpc) is 2.95. The van der Waals surface area contributed by atoms with E-state index in [1.165, 1.54) is 16.7 Å². The largest absolute Gasteiger partial charge is 0.481 e. The third-order valence-electron chi connectivity index (χ3n) is 4.52. The molecular formula is C18H25NO3. The second-order valence-corrected chi connectivity index (χ2v) is 6.19. The molecule has 0 aromatic heterocycles. The fourth-order valence-electron chi connectivity index (χ4n) is 3.08. The number of carboxylic acids is 1. The Morgan fingerprint density at radius 3 is 2.59 bits per heavy atom. The smallest absolute Gasteiger partial charge is 0.303 e. The number of benzene rings is 1. The topological polar surface area (TPSA) is 57.6 Å². The quantitative estimate of drug-likeness (QED) is 0.817. The highest BCUT2D eigenvalue weighted by Crippen LogP contribution is 2.33. The fraction of sp³-hybridized carbons (Fsp3) is 0.556. The lowest BCUT2D eigenvalue weighted by Gasteiger charge is -2.25. The summed E-state index contributed by atoms with van der Waals surface area (Å²) in [6.45, 7) is 5.01. The summed E-state index contributed by atoms with van der Waals surface area (Å²) < 4.78 is 0. The molecule has 1 aromatic rings. The molecule has 22 heavy (non-hydrogen) atoms. The van der Waals surface area contributed by atoms with Crippen LogP contribution in [0.5, 0.6) is 0 Å². The number of carboxylic acid groups (broad SMARTS) is 1. The highest BCUT2D eigenvalue weighted by molar-refractivity contribution is 5.77. The predicted octanol–water partition coefficient (Wildman–Crippen LogP) is 3.61. The fourth-order valence-corrected chi connectivity index (χ4v) is 3.08. The Bertz CT molecular complexity index is 553. The van der Waals surface area contributed by atoms with Gasteiger partial charge in [-0.05, 0) is 56.2 Å². The van der Waals surface area contributed by atoms with Gasteiger partial charge in [-0.1, -0.05) is 18.2 Å². The van der Waals surface area contributed by atoms with Gasteiger partial charge in [0, 0.05) is 19.4 Å². The van der Waals surface area contributed by atoms with E-state index < -0.39 is 5.97 Å². The van der Waals surface area contributed by atoms with E-state index in [9.17, 15) is 9.59 Å². The zero-order chi connectivity index (χ0) is 16.1. The van der Waals surface area contributed by atoms with Crippen molar-refractivity contribution in [3.8, 4) is 0 Å². The number of rotatable bonds is 6. The number of carbonyl (C=O) groups is 2. The molecule has 0 aliphatic carbocycles. The minimum atomic E-state index is -0.790. The molecule has 0 spiro atoms. The van der Waals surface area contributed by atoms with Crippen molar-refractivity contribution in [1.82, 2.24) is 4.90 Å². The molecule has 1 N–H and O–H groups in total. The van der Waals surface area contributed by atoms with Crippen molar-refractivity contribution in [1.29, 1.82) is 0 Å². The Labute approximate surface area is 132 Å². The SMILES string of the molecule is Cc1ccc(C2CCCN2C(=O)CCCCC(=O)O)cc1C. The molecule has 1 saturated heterocycles. The van der Waals surface area contributed by atoms with Gasteiger partial charge in [-0.25, -0.2) is 0 Å². The second-order valence-electron chi connectivity index (χ2n) is 6.19. The van der Waals surface area contributed by atoms with Crippen molar-refractivity contribution in [2.24, 2.45) is 0 Å². The van der Waals surface area contributed by atoms with Crippen LogP contribution in [0.2, 0.25) is 0 Å². The van der Waals surface area contributed by atoms with Crippen LogP contribution in [-0.2, 0) is 9.59 Å². The number of aliphatic carboxylic acids is 1. The van der Waals surface area contributed by atoms with Gasteiger partial charge in [-0.3, -0.25) is 9.59 Å². The van der Waals surface area contributed by atoms with Crippen molar-refractivity contribution in [3.05, 3.63) is 34.9 Å². The minimum absolute atomic E-state index is 0.147. The summed E-state index contributed by atoms with van der Waals surface area (Å²) in [4.78, 5) is 24.9. The highest BCUT2D eigenvalue weighted by Gasteiger charge is 2.29. The number of aryl methyl sites for hydroxylation is 2. The van der Waals surface area contributed by atoms with Crippen molar-refractivity contribution in [2.75, 3.05) is 6.54 Å². The molecule has 1 heterocycles. The average molecular weight is 303 g/mol. The molecule has 1 unspecified atom stereocenters. The van der Waals surface area contributed by atoms with E-state index in [1.807, 2.05) is 4.90 Å². The maximum atomic E-state index is 12.4. The lowest BCUT2D eigenvalue weighted by molar-refractivity contribution is -0.137. The zero-order valence-corrected chi connectivity index (χ0v) is 13.5. The van der Waals surface area contributed by atoms with Gasteiger partial charge < -0.3 is 10.0 Å². The summed E-state index contributed by atoms with van der Waals surface area (Å²) in [7, 11) is 0. The van der Waals surface area contributed by atoms with E-state index in [2.05, 4.69) is 32.0 Å². The van der Waals surface area contributed by atoms with Crippen LogP contribution in [0, 0.1) is 13.8 Å². The van der Waals surface area contributed by atoms with Gasteiger partial charge in [0.15, 0.2) is 0 Å². The molecule has 0 radical (unpaired) electrons. The van der Waals surface area contributed by atoms with Crippen LogP contribution in [-0.4, -0.2) is 28.4 Å². The lowest BCUT2D eigenvalue weighted by Crippen LogP contribution is -2.30. The Balaban J connectivity index is 1.96. The Kier molecular flexibility index (Phi) is 5.58. The van der Waals surface area contributed by atoms with E-state index in [-0.39, 0.29) is 18.4 Å². The summed E-state index contributed by atoms with van der Waals surface area (Å²) in [6.07, 6.45) is 3.88. The van der Waals surface area contributed by atoms with E-state index in [1.54, 1.807) is 0 Å². The minimum Gasteiger partial charge on any atom is -0.481 e. The van der Waals surface area contributed by atoms with Gasteiger partial charge in [0.2, 0.25) is 5.91 Å². The molecule has 0 saturated carbocycles. The predicted molar refractivity (Wildman–Crippen MR) is 85.7 cm³/mol. The zero-order valence-electron chi connectivity index (χ0n) is 13.5. The molecule has 4 heteroatoms. The van der Waals surface area contributed by atoms with Crippen LogP contribution in [0.1, 0.15) is 61.3 Å². The molecule has 1 aliphatic heterocycles. The first-order chi connectivity index (χ1) is 10.5. The van der Waals surface area contributed by atoms with Crippen LogP contribution in [0.25, 0.3) is 0 Å². The summed E-state index contributed by atoms with van der Waals surface area (Å²) in [5, 5.41) is 8.63. The van der Waals surface area contributed by atoms with E-state index in [0.29, 0.717) is 19.3 Å². The van der Waals surface area contributed by atoms with Crippen LogP contribution >= 0.6 is 0 Å². The number of carbonyl (C=O) groups excluding carboxylic acids is 1. The van der Waals surface area contributed by atoms with E-state index in [0.717, 1.165) is 19.4 Å². The second kappa shape index (κ2) is 7.43. The van der Waals surface area contributed by atoms with Crippen LogP contribution in [0.15, 0.2) is 18.2 Å². The van der Waals surface area contributed by atoms with Gasteiger partial charge >= 0.3 is 5.97 Å². The normalized spacial score (nSPS) is 17.7. The standard InChI is InChI=1S/C18H25NO3/c1-13-9-10-15(12-14(13)2)16-6-5-11-19(16)17(20)7-3-4-8-18(21)22/h9-10,12,16H,3-8,11H2,1-2H3,(H,21,22). The Morgan fingerprint density at radius 2 is 1.91 bits per heavy atom. The van der Waals surface area contributed by atoms with Gasteiger partial charge in [0.25, 0.3) is 0 Å². The lowest BCUT2D eigenvalue weighted by atomic mass is 9.99. The number of amides is 1. The molecule has 1 amide bonds. The number of unbranched alkanes of at least 4 members (excludes halogenated alkanes) is 1. The van der Waals surface area contributed by atoms with Crippen LogP contribution in [0.4, 0.5) is 0 Å². The molecule has 1 fully saturated rings. The molecular weight excluding hydrogens is 278 g/mol. The molecule has 0 bridgehead atoms. The van der Waals surface area contributed by atoms with Crippen molar-refractivity contribution in [3.63, 3.8) is 0 Å². The van der Waals surface area contributed by atoms with Gasteiger partial charge in [0.1, 0.15) is 0 Å². The number of likely N-dealkylation sites (tertiary alicyclic amines) is 1. The van der Waals surface area contributed by atoms with Gasteiger partial charge in [-0.15, -0.1) is 0 Å². The third-order valence-corrected chi connectivity index (χ3v) is 4.52. The van der Waals surface area contributed by atoms with Crippen LogP contribution < -0.4 is 0 Å². The summed E-state index contributed by atoms with van der Waals surface area (Å²) in [6, 6.07) is 6.63. The summed E-state index contributed by atoms with van der Waals surface area (Å²) in [5.74, 6) is -0.632. The summed E-state index contributed by atoms with van der Waals surface area (Å²) >= 11 is 0. The first-order valence-corrected chi connectivity index (χ1v) is 8.07.